The maximum Gasteiger partial charge on any atom is 0.137 e. The van der Waals surface area contributed by atoms with Crippen LogP contribution < -0.4 is 10.5 Å². The molecule has 0 aliphatic rings. The number of nitrogens with two attached hydrogens (primary N) is 1. The van der Waals surface area contributed by atoms with E-state index < -0.39 is 0 Å². The Morgan fingerprint density at radius 1 is 1.28 bits per heavy atom. The monoisotopic (exact) mass is 270 g/mol. The van der Waals surface area contributed by atoms with E-state index in [1.54, 1.807) is 7.11 Å². The zero-order chi connectivity index (χ0) is 13.4. The highest BCUT2D eigenvalue weighted by Crippen LogP contribution is 2.25. The molecule has 1 aromatic carbocycles. The molecule has 1 aromatic rings. The number of halogens is 1. The van der Waals surface area contributed by atoms with Crippen LogP contribution in [0.25, 0.3) is 0 Å². The number of unbranched alkanes of at least 4 members (excludes halogenated alkanes) is 1. The topological polar surface area (TPSA) is 38.5 Å². The van der Waals surface area contributed by atoms with Gasteiger partial charge < -0.3 is 15.4 Å². The lowest BCUT2D eigenvalue weighted by Gasteiger charge is -2.16. The van der Waals surface area contributed by atoms with Crippen molar-refractivity contribution in [2.75, 3.05) is 33.8 Å². The van der Waals surface area contributed by atoms with Gasteiger partial charge in [-0.15, -0.1) is 0 Å². The molecule has 0 atom stereocenters. The van der Waals surface area contributed by atoms with Crippen molar-refractivity contribution in [3.8, 4) is 5.75 Å². The molecule has 0 unspecified atom stereocenters. The number of hydrogen-bond acceptors (Lipinski definition) is 3. The minimum atomic E-state index is 0.681. The molecule has 3 nitrogen and oxygen atoms in total. The minimum Gasteiger partial charge on any atom is -0.495 e. The Morgan fingerprint density at radius 3 is 2.67 bits per heavy atom. The quantitative estimate of drug-likeness (QED) is 0.738. The fraction of sp³-hybridized carbons (Fsp3) is 0.571. The van der Waals surface area contributed by atoms with E-state index in [-0.39, 0.29) is 0 Å². The van der Waals surface area contributed by atoms with E-state index in [0.717, 1.165) is 44.6 Å². The van der Waals surface area contributed by atoms with E-state index in [1.165, 1.54) is 5.56 Å². The van der Waals surface area contributed by atoms with Crippen molar-refractivity contribution in [1.82, 2.24) is 4.90 Å². The minimum absolute atomic E-state index is 0.681. The van der Waals surface area contributed by atoms with Crippen molar-refractivity contribution < 1.29 is 4.74 Å². The number of likely N-dealkylation sites (N-methyl/N-ethyl adjacent to an activating group) is 1. The molecular formula is C14H23ClN2O. The van der Waals surface area contributed by atoms with Gasteiger partial charge in [-0.1, -0.05) is 17.7 Å². The summed E-state index contributed by atoms with van der Waals surface area (Å²) in [5.74, 6) is 0.733. The fourth-order valence-corrected chi connectivity index (χ4v) is 2.10. The number of ether oxygens (including phenoxy) is 1. The van der Waals surface area contributed by atoms with Gasteiger partial charge in [-0.2, -0.15) is 0 Å². The molecule has 0 saturated heterocycles. The molecule has 0 aromatic heterocycles. The molecule has 0 aliphatic carbocycles. The smallest absolute Gasteiger partial charge is 0.137 e. The second kappa shape index (κ2) is 8.35. The Hall–Kier alpha value is -0.770. The van der Waals surface area contributed by atoms with Gasteiger partial charge in [0.2, 0.25) is 0 Å². The Bertz CT molecular complexity index is 358. The van der Waals surface area contributed by atoms with Gasteiger partial charge in [0.15, 0.2) is 0 Å². The number of nitrogens with zero attached hydrogens (tertiary/aromatic N) is 1. The van der Waals surface area contributed by atoms with Crippen molar-refractivity contribution in [3.05, 3.63) is 28.8 Å². The molecular weight excluding hydrogens is 248 g/mol. The van der Waals surface area contributed by atoms with Crippen LogP contribution in [0.4, 0.5) is 0 Å². The molecule has 0 saturated carbocycles. The molecule has 0 amide bonds. The van der Waals surface area contributed by atoms with Gasteiger partial charge in [-0.3, -0.25) is 0 Å². The first kappa shape index (κ1) is 15.3. The van der Waals surface area contributed by atoms with Crippen molar-refractivity contribution >= 4 is 11.6 Å². The van der Waals surface area contributed by atoms with Crippen LogP contribution in [0.15, 0.2) is 18.2 Å². The summed E-state index contributed by atoms with van der Waals surface area (Å²) in [5.41, 5.74) is 6.72. The van der Waals surface area contributed by atoms with Crippen LogP contribution in [0.2, 0.25) is 5.02 Å². The second-order valence-electron chi connectivity index (χ2n) is 4.52. The first-order valence-electron chi connectivity index (χ1n) is 6.38. The lowest BCUT2D eigenvalue weighted by atomic mass is 10.1. The van der Waals surface area contributed by atoms with Crippen LogP contribution in [0.3, 0.4) is 0 Å². The van der Waals surface area contributed by atoms with E-state index in [9.17, 15) is 0 Å². The van der Waals surface area contributed by atoms with Crippen LogP contribution in [0, 0.1) is 0 Å². The zero-order valence-electron chi connectivity index (χ0n) is 11.3. The van der Waals surface area contributed by atoms with Gasteiger partial charge >= 0.3 is 0 Å². The average Bonchev–Trinajstić information content (AvgIpc) is 2.37. The van der Waals surface area contributed by atoms with Crippen LogP contribution in [0.1, 0.15) is 18.4 Å². The molecule has 18 heavy (non-hydrogen) atoms. The molecule has 0 aliphatic heterocycles. The number of rotatable bonds is 8. The van der Waals surface area contributed by atoms with Gasteiger partial charge in [-0.25, -0.2) is 0 Å². The third kappa shape index (κ3) is 5.25. The Morgan fingerprint density at radius 2 is 2.06 bits per heavy atom. The van der Waals surface area contributed by atoms with Crippen LogP contribution in [-0.2, 0) is 6.42 Å². The SMILES string of the molecule is COc1ccc(CCN(C)CCCCN)cc1Cl. The molecule has 102 valence electrons. The van der Waals surface area contributed by atoms with Crippen molar-refractivity contribution in [2.24, 2.45) is 5.73 Å². The first-order chi connectivity index (χ1) is 8.67. The van der Waals surface area contributed by atoms with Gasteiger partial charge in [0, 0.05) is 6.54 Å². The van der Waals surface area contributed by atoms with E-state index in [4.69, 9.17) is 22.1 Å². The fourth-order valence-electron chi connectivity index (χ4n) is 1.82. The third-order valence-electron chi connectivity index (χ3n) is 2.99. The van der Waals surface area contributed by atoms with E-state index in [0.29, 0.717) is 5.02 Å². The maximum absolute atomic E-state index is 6.09. The van der Waals surface area contributed by atoms with Crippen molar-refractivity contribution in [1.29, 1.82) is 0 Å². The molecule has 1 rings (SSSR count). The Labute approximate surface area is 115 Å². The predicted molar refractivity (Wildman–Crippen MR) is 77.5 cm³/mol. The number of benzene rings is 1. The Kier molecular flexibility index (Phi) is 7.09. The average molecular weight is 271 g/mol. The highest BCUT2D eigenvalue weighted by molar-refractivity contribution is 6.32. The van der Waals surface area contributed by atoms with Gasteiger partial charge in [-0.05, 0) is 57.1 Å². The van der Waals surface area contributed by atoms with E-state index >= 15 is 0 Å². The molecule has 2 N–H and O–H groups in total. The summed E-state index contributed by atoms with van der Waals surface area (Å²) in [5, 5.41) is 0.681. The summed E-state index contributed by atoms with van der Waals surface area (Å²) >= 11 is 6.09. The normalized spacial score (nSPS) is 10.9. The number of methoxy groups -OCH3 is 1. The molecule has 0 bridgehead atoms. The van der Waals surface area contributed by atoms with Crippen LogP contribution in [-0.4, -0.2) is 38.7 Å². The standard InChI is InChI=1S/C14H23ClN2O/c1-17(9-4-3-8-16)10-7-12-5-6-14(18-2)13(15)11-12/h5-6,11H,3-4,7-10,16H2,1-2H3. The Balaban J connectivity index is 2.36. The summed E-state index contributed by atoms with van der Waals surface area (Å²) < 4.78 is 5.14. The highest BCUT2D eigenvalue weighted by atomic mass is 35.5. The second-order valence-corrected chi connectivity index (χ2v) is 4.93. The maximum atomic E-state index is 6.09. The van der Waals surface area contributed by atoms with Gasteiger partial charge in [0.25, 0.3) is 0 Å². The highest BCUT2D eigenvalue weighted by Gasteiger charge is 2.03. The lowest BCUT2D eigenvalue weighted by Crippen LogP contribution is -2.23. The van der Waals surface area contributed by atoms with E-state index in [2.05, 4.69) is 18.0 Å². The molecule has 4 heteroatoms. The molecule has 0 radical (unpaired) electrons. The lowest BCUT2D eigenvalue weighted by molar-refractivity contribution is 0.331. The first-order valence-corrected chi connectivity index (χ1v) is 6.76. The number of hydrogen-bond donors (Lipinski definition) is 1. The van der Waals surface area contributed by atoms with Crippen LogP contribution >= 0.6 is 11.6 Å². The van der Waals surface area contributed by atoms with Crippen LogP contribution in [0.5, 0.6) is 5.75 Å². The van der Waals surface area contributed by atoms with Gasteiger partial charge in [0.1, 0.15) is 5.75 Å². The summed E-state index contributed by atoms with van der Waals surface area (Å²) in [4.78, 5) is 2.33. The molecule has 0 fully saturated rings. The third-order valence-corrected chi connectivity index (χ3v) is 3.29. The van der Waals surface area contributed by atoms with E-state index in [1.807, 2.05) is 12.1 Å². The van der Waals surface area contributed by atoms with Crippen molar-refractivity contribution in [2.45, 2.75) is 19.3 Å². The molecule has 0 spiro atoms. The predicted octanol–water partition coefficient (Wildman–Crippen LogP) is 2.56. The summed E-state index contributed by atoms with van der Waals surface area (Å²) in [6.07, 6.45) is 3.26. The molecule has 0 heterocycles. The summed E-state index contributed by atoms with van der Waals surface area (Å²) in [6, 6.07) is 5.97. The zero-order valence-corrected chi connectivity index (χ0v) is 12.0. The van der Waals surface area contributed by atoms with Crippen molar-refractivity contribution in [3.63, 3.8) is 0 Å². The summed E-state index contributed by atoms with van der Waals surface area (Å²) in [7, 11) is 3.77. The summed E-state index contributed by atoms with van der Waals surface area (Å²) in [6.45, 7) is 2.91. The van der Waals surface area contributed by atoms with Gasteiger partial charge in [0.05, 0.1) is 12.1 Å². The largest absolute Gasteiger partial charge is 0.495 e.